The van der Waals surface area contributed by atoms with Gasteiger partial charge in [-0.2, -0.15) is 0 Å². The van der Waals surface area contributed by atoms with E-state index in [0.29, 0.717) is 13.0 Å². The fourth-order valence-corrected chi connectivity index (χ4v) is 3.57. The zero-order valence-corrected chi connectivity index (χ0v) is 14.6. The summed E-state index contributed by atoms with van der Waals surface area (Å²) >= 11 is 1.54. The molecule has 0 spiro atoms. The van der Waals surface area contributed by atoms with Crippen LogP contribution in [0.4, 0.5) is 5.69 Å². The minimum atomic E-state index is -0.0824. The van der Waals surface area contributed by atoms with Crippen LogP contribution in [-0.4, -0.2) is 17.1 Å². The lowest BCUT2D eigenvalue weighted by Gasteiger charge is -2.21. The van der Waals surface area contributed by atoms with E-state index in [-0.39, 0.29) is 17.1 Å². The number of rotatable bonds is 4. The first kappa shape index (κ1) is 16.6. The van der Waals surface area contributed by atoms with E-state index in [1.165, 1.54) is 5.56 Å². The Hall–Kier alpha value is -2.27. The van der Waals surface area contributed by atoms with Gasteiger partial charge in [0.25, 0.3) is 0 Å². The zero-order chi connectivity index (χ0) is 17.1. The summed E-state index contributed by atoms with van der Waals surface area (Å²) < 4.78 is 0. The Bertz CT molecular complexity index is 789. The molecule has 2 N–H and O–H groups in total. The number of aryl methyl sites for hydroxylation is 1. The molecule has 2 amide bonds. The van der Waals surface area contributed by atoms with Crippen molar-refractivity contribution in [3.63, 3.8) is 0 Å². The normalized spacial score (nSPS) is 16.2. The van der Waals surface area contributed by atoms with Gasteiger partial charge < -0.3 is 10.6 Å². The molecule has 2 aromatic carbocycles. The van der Waals surface area contributed by atoms with E-state index in [4.69, 9.17) is 0 Å². The number of anilines is 1. The Kier molecular flexibility index (Phi) is 4.90. The van der Waals surface area contributed by atoms with Gasteiger partial charge in [-0.05, 0) is 37.1 Å². The number of carbonyl (C=O) groups excluding carboxylic acids is 2. The van der Waals surface area contributed by atoms with Crippen molar-refractivity contribution >= 4 is 29.3 Å². The molecule has 0 radical (unpaired) electrons. The van der Waals surface area contributed by atoms with Gasteiger partial charge in [0.1, 0.15) is 0 Å². The number of fused-ring (bicyclic) bond motifs is 1. The van der Waals surface area contributed by atoms with Crippen molar-refractivity contribution < 1.29 is 9.59 Å². The Morgan fingerprint density at radius 1 is 1.21 bits per heavy atom. The molecule has 1 aliphatic heterocycles. The van der Waals surface area contributed by atoms with Crippen LogP contribution in [0.1, 0.15) is 23.6 Å². The van der Waals surface area contributed by atoms with Crippen LogP contribution in [0.3, 0.4) is 0 Å². The molecule has 0 aliphatic carbocycles. The smallest absolute Gasteiger partial charge is 0.237 e. The van der Waals surface area contributed by atoms with Crippen molar-refractivity contribution in [2.45, 2.75) is 37.0 Å². The first-order valence-corrected chi connectivity index (χ1v) is 8.82. The van der Waals surface area contributed by atoms with Crippen molar-refractivity contribution in [3.05, 3.63) is 59.2 Å². The molecule has 3 rings (SSSR count). The van der Waals surface area contributed by atoms with E-state index in [0.717, 1.165) is 21.7 Å². The van der Waals surface area contributed by atoms with Gasteiger partial charge in [-0.1, -0.05) is 35.9 Å². The predicted octanol–water partition coefficient (Wildman–Crippen LogP) is 3.29. The maximum atomic E-state index is 12.2. The topological polar surface area (TPSA) is 58.2 Å². The van der Waals surface area contributed by atoms with E-state index in [9.17, 15) is 9.59 Å². The van der Waals surface area contributed by atoms with E-state index in [1.54, 1.807) is 11.8 Å². The van der Waals surface area contributed by atoms with Gasteiger partial charge in [-0.3, -0.25) is 9.59 Å². The highest BCUT2D eigenvalue weighted by Gasteiger charge is 2.23. The maximum absolute atomic E-state index is 12.2. The number of hydrogen-bond acceptors (Lipinski definition) is 3. The number of amides is 2. The second-order valence-electron chi connectivity index (χ2n) is 6.02. The molecule has 0 saturated heterocycles. The summed E-state index contributed by atoms with van der Waals surface area (Å²) in [5.74, 6) is -0.0202. The average molecular weight is 340 g/mol. The molecule has 2 aromatic rings. The summed E-state index contributed by atoms with van der Waals surface area (Å²) in [6.45, 7) is 4.44. The van der Waals surface area contributed by atoms with Gasteiger partial charge in [0.05, 0.1) is 17.4 Å². The molecule has 0 saturated carbocycles. The molecule has 1 aliphatic rings. The monoisotopic (exact) mass is 340 g/mol. The molecule has 24 heavy (non-hydrogen) atoms. The minimum absolute atomic E-state index is 0.00792. The number of nitrogens with one attached hydrogen (secondary N) is 2. The highest BCUT2D eigenvalue weighted by atomic mass is 32.2. The quantitative estimate of drug-likeness (QED) is 0.898. The molecule has 4 nitrogen and oxygen atoms in total. The Balaban J connectivity index is 1.61. The number of hydrogen-bond donors (Lipinski definition) is 2. The third-order valence-electron chi connectivity index (χ3n) is 3.91. The molecule has 0 aromatic heterocycles. The van der Waals surface area contributed by atoms with Crippen LogP contribution < -0.4 is 10.6 Å². The predicted molar refractivity (Wildman–Crippen MR) is 97.1 cm³/mol. The lowest BCUT2D eigenvalue weighted by Crippen LogP contribution is -2.27. The van der Waals surface area contributed by atoms with Crippen LogP contribution in [0.25, 0.3) is 0 Å². The standard InChI is InChI=1S/C19H20N2O2S/c1-12-4-3-5-15(8-12)11-20-18(22)10-14-6-7-17-16(9-14)21-19(23)13(2)24-17/h3-9,13H,10-11H2,1-2H3,(H,20,22)(H,21,23). The van der Waals surface area contributed by atoms with Gasteiger partial charge >= 0.3 is 0 Å². The summed E-state index contributed by atoms with van der Waals surface area (Å²) in [4.78, 5) is 25.0. The maximum Gasteiger partial charge on any atom is 0.237 e. The summed E-state index contributed by atoms with van der Waals surface area (Å²) in [7, 11) is 0. The molecular formula is C19H20N2O2S. The number of benzene rings is 2. The largest absolute Gasteiger partial charge is 0.352 e. The lowest BCUT2D eigenvalue weighted by atomic mass is 10.1. The van der Waals surface area contributed by atoms with Crippen LogP contribution in [0.2, 0.25) is 0 Å². The van der Waals surface area contributed by atoms with E-state index < -0.39 is 0 Å². The highest BCUT2D eigenvalue weighted by molar-refractivity contribution is 8.00. The molecule has 0 fully saturated rings. The van der Waals surface area contributed by atoms with Crippen molar-refractivity contribution in [1.29, 1.82) is 0 Å². The Morgan fingerprint density at radius 3 is 2.83 bits per heavy atom. The molecule has 1 unspecified atom stereocenters. The van der Waals surface area contributed by atoms with Crippen LogP contribution in [0.5, 0.6) is 0 Å². The third-order valence-corrected chi connectivity index (χ3v) is 5.09. The van der Waals surface area contributed by atoms with Crippen molar-refractivity contribution in [2.24, 2.45) is 0 Å². The molecule has 1 heterocycles. The van der Waals surface area contributed by atoms with Crippen LogP contribution in [-0.2, 0) is 22.6 Å². The van der Waals surface area contributed by atoms with Crippen LogP contribution in [0.15, 0.2) is 47.4 Å². The van der Waals surface area contributed by atoms with E-state index >= 15 is 0 Å². The summed E-state index contributed by atoms with van der Waals surface area (Å²) in [6.07, 6.45) is 0.301. The molecule has 0 bridgehead atoms. The first-order chi connectivity index (χ1) is 11.5. The van der Waals surface area contributed by atoms with E-state index in [2.05, 4.69) is 16.7 Å². The van der Waals surface area contributed by atoms with Crippen molar-refractivity contribution in [3.8, 4) is 0 Å². The molecule has 5 heteroatoms. The average Bonchev–Trinajstić information content (AvgIpc) is 2.54. The molecule has 1 atom stereocenters. The second kappa shape index (κ2) is 7.09. The van der Waals surface area contributed by atoms with Gasteiger partial charge in [-0.15, -0.1) is 11.8 Å². The molecule has 124 valence electrons. The third kappa shape index (κ3) is 3.97. The second-order valence-corrected chi connectivity index (χ2v) is 7.41. The fourth-order valence-electron chi connectivity index (χ4n) is 2.64. The van der Waals surface area contributed by atoms with E-state index in [1.807, 2.05) is 50.2 Å². The number of thioether (sulfide) groups is 1. The highest BCUT2D eigenvalue weighted by Crippen LogP contribution is 2.35. The zero-order valence-electron chi connectivity index (χ0n) is 13.8. The Morgan fingerprint density at radius 2 is 2.04 bits per heavy atom. The lowest BCUT2D eigenvalue weighted by molar-refractivity contribution is -0.120. The summed E-state index contributed by atoms with van der Waals surface area (Å²) in [5.41, 5.74) is 3.96. The fraction of sp³-hybridized carbons (Fsp3) is 0.263. The van der Waals surface area contributed by atoms with Crippen LogP contribution >= 0.6 is 11.8 Å². The first-order valence-electron chi connectivity index (χ1n) is 7.94. The van der Waals surface area contributed by atoms with Crippen molar-refractivity contribution in [2.75, 3.05) is 5.32 Å². The van der Waals surface area contributed by atoms with Gasteiger partial charge in [-0.25, -0.2) is 0 Å². The Labute approximate surface area is 146 Å². The van der Waals surface area contributed by atoms with Gasteiger partial charge in [0, 0.05) is 11.4 Å². The molecular weight excluding hydrogens is 320 g/mol. The van der Waals surface area contributed by atoms with Crippen LogP contribution in [0, 0.1) is 6.92 Å². The van der Waals surface area contributed by atoms with Crippen molar-refractivity contribution in [1.82, 2.24) is 5.32 Å². The minimum Gasteiger partial charge on any atom is -0.352 e. The summed E-state index contributed by atoms with van der Waals surface area (Å²) in [5, 5.41) is 5.75. The van der Waals surface area contributed by atoms with Gasteiger partial charge in [0.2, 0.25) is 11.8 Å². The summed E-state index contributed by atoms with van der Waals surface area (Å²) in [6, 6.07) is 13.9. The SMILES string of the molecule is Cc1cccc(CNC(=O)Cc2ccc3c(c2)NC(=O)C(C)S3)c1. The van der Waals surface area contributed by atoms with Gasteiger partial charge in [0.15, 0.2) is 0 Å². The number of carbonyl (C=O) groups is 2.